The maximum atomic E-state index is 12.8. The highest BCUT2D eigenvalue weighted by atomic mass is 32.1. The molecule has 0 radical (unpaired) electrons. The van der Waals surface area contributed by atoms with Crippen LogP contribution in [-0.2, 0) is 16.1 Å². The van der Waals surface area contributed by atoms with Gasteiger partial charge in [0.05, 0.1) is 18.7 Å². The Hall–Kier alpha value is -3.44. The summed E-state index contributed by atoms with van der Waals surface area (Å²) in [6.07, 6.45) is 0. The smallest absolute Gasteiger partial charge is 0.337 e. The van der Waals surface area contributed by atoms with Crippen molar-refractivity contribution in [3.8, 4) is 11.1 Å². The zero-order valence-corrected chi connectivity index (χ0v) is 18.4. The molecule has 1 atom stereocenters. The third-order valence-corrected chi connectivity index (χ3v) is 5.87. The normalized spacial score (nSPS) is 16.1. The number of nitrogens with one attached hydrogen (secondary N) is 1. The van der Waals surface area contributed by atoms with Crippen LogP contribution in [0.1, 0.15) is 24.1 Å². The number of ether oxygens (including phenoxy) is 1. The highest BCUT2D eigenvalue weighted by Crippen LogP contribution is 2.33. The van der Waals surface area contributed by atoms with E-state index in [9.17, 15) is 4.79 Å². The first-order chi connectivity index (χ1) is 15.1. The van der Waals surface area contributed by atoms with E-state index in [1.54, 1.807) is 0 Å². The summed E-state index contributed by atoms with van der Waals surface area (Å²) in [6.45, 7) is 2.51. The number of methoxy groups -OCH3 is 1. The highest BCUT2D eigenvalue weighted by Gasteiger charge is 2.34. The first-order valence-electron chi connectivity index (χ1n) is 10.1. The summed E-state index contributed by atoms with van der Waals surface area (Å²) >= 11 is 5.69. The molecule has 0 aliphatic carbocycles. The molecule has 1 aliphatic rings. The Bertz CT molecular complexity index is 1110. The monoisotopic (exact) mass is 428 g/mol. The number of carbonyl (C=O) groups is 1. The second kappa shape index (κ2) is 9.14. The van der Waals surface area contributed by atoms with E-state index in [-0.39, 0.29) is 12.0 Å². The van der Waals surface area contributed by atoms with E-state index in [1.807, 2.05) is 72.5 Å². The van der Waals surface area contributed by atoms with Crippen molar-refractivity contribution >= 4 is 23.3 Å². The van der Waals surface area contributed by atoms with Gasteiger partial charge in [0.15, 0.2) is 5.11 Å². The molecule has 1 unspecified atom stereocenters. The van der Waals surface area contributed by atoms with Crippen molar-refractivity contribution in [3.05, 3.63) is 107 Å². The van der Waals surface area contributed by atoms with Crippen LogP contribution in [0.2, 0.25) is 0 Å². The summed E-state index contributed by atoms with van der Waals surface area (Å²) in [4.78, 5) is 14.7. The van der Waals surface area contributed by atoms with E-state index in [0.717, 1.165) is 28.0 Å². The molecule has 0 fully saturated rings. The highest BCUT2D eigenvalue weighted by molar-refractivity contribution is 7.80. The summed E-state index contributed by atoms with van der Waals surface area (Å²) in [5, 5.41) is 3.95. The van der Waals surface area contributed by atoms with Gasteiger partial charge in [-0.2, -0.15) is 0 Å². The van der Waals surface area contributed by atoms with Crippen LogP contribution < -0.4 is 5.32 Å². The van der Waals surface area contributed by atoms with E-state index in [0.29, 0.717) is 17.2 Å². The Morgan fingerprint density at radius 3 is 2.13 bits per heavy atom. The lowest BCUT2D eigenvalue weighted by atomic mass is 9.93. The summed E-state index contributed by atoms with van der Waals surface area (Å²) in [6, 6.07) is 28.1. The number of hydrogen-bond donors (Lipinski definition) is 1. The Kier molecular flexibility index (Phi) is 6.14. The topological polar surface area (TPSA) is 41.6 Å². The molecule has 0 bridgehead atoms. The molecule has 1 N–H and O–H groups in total. The third-order valence-electron chi connectivity index (χ3n) is 5.54. The zero-order chi connectivity index (χ0) is 21.8. The molecule has 0 spiro atoms. The fourth-order valence-corrected chi connectivity index (χ4v) is 4.18. The molecule has 1 heterocycles. The van der Waals surface area contributed by atoms with Gasteiger partial charge in [0.1, 0.15) is 0 Å². The molecular formula is C26H24N2O2S. The molecule has 0 aromatic heterocycles. The molecular weight excluding hydrogens is 404 g/mol. The third kappa shape index (κ3) is 4.37. The molecule has 3 aromatic rings. The fraction of sp³-hybridized carbons (Fsp3) is 0.154. The van der Waals surface area contributed by atoms with Crippen molar-refractivity contribution in [1.29, 1.82) is 0 Å². The minimum Gasteiger partial charge on any atom is -0.466 e. The van der Waals surface area contributed by atoms with Gasteiger partial charge in [0.25, 0.3) is 0 Å². The summed E-state index contributed by atoms with van der Waals surface area (Å²) in [5.74, 6) is -0.359. The van der Waals surface area contributed by atoms with Crippen LogP contribution in [0.5, 0.6) is 0 Å². The van der Waals surface area contributed by atoms with Crippen LogP contribution >= 0.6 is 12.2 Å². The van der Waals surface area contributed by atoms with E-state index >= 15 is 0 Å². The number of allylic oxidation sites excluding steroid dienone is 1. The molecule has 4 nitrogen and oxygen atoms in total. The minimum atomic E-state index is -0.364. The van der Waals surface area contributed by atoms with Crippen LogP contribution in [-0.4, -0.2) is 23.1 Å². The molecule has 0 amide bonds. The van der Waals surface area contributed by atoms with Crippen LogP contribution in [0.25, 0.3) is 11.1 Å². The molecule has 0 saturated heterocycles. The number of rotatable bonds is 5. The molecule has 3 aromatic carbocycles. The molecule has 156 valence electrons. The van der Waals surface area contributed by atoms with E-state index < -0.39 is 0 Å². The van der Waals surface area contributed by atoms with Crippen molar-refractivity contribution in [2.45, 2.75) is 19.5 Å². The van der Waals surface area contributed by atoms with E-state index in [4.69, 9.17) is 17.0 Å². The lowest BCUT2D eigenvalue weighted by molar-refractivity contribution is -0.136. The number of nitrogens with zero attached hydrogens (tertiary/aromatic N) is 1. The van der Waals surface area contributed by atoms with E-state index in [1.165, 1.54) is 7.11 Å². The number of benzene rings is 3. The van der Waals surface area contributed by atoms with Gasteiger partial charge in [0, 0.05) is 12.2 Å². The number of esters is 1. The average molecular weight is 429 g/mol. The molecule has 1 aliphatic heterocycles. The summed E-state index contributed by atoms with van der Waals surface area (Å²) in [5.41, 5.74) is 5.71. The SMILES string of the molecule is COC(=O)C1=C(C)N(Cc2ccccc2)C(=S)NC1c1ccc(-c2ccccc2)cc1. The van der Waals surface area contributed by atoms with Gasteiger partial charge in [-0.1, -0.05) is 84.9 Å². The van der Waals surface area contributed by atoms with Crippen molar-refractivity contribution < 1.29 is 9.53 Å². The molecule has 4 rings (SSSR count). The Balaban J connectivity index is 1.69. The maximum absolute atomic E-state index is 12.8. The first kappa shape index (κ1) is 20.8. The second-order valence-electron chi connectivity index (χ2n) is 7.43. The van der Waals surface area contributed by atoms with Crippen LogP contribution in [0, 0.1) is 0 Å². The van der Waals surface area contributed by atoms with Gasteiger partial charge >= 0.3 is 5.97 Å². The zero-order valence-electron chi connectivity index (χ0n) is 17.5. The van der Waals surface area contributed by atoms with Crippen molar-refractivity contribution in [1.82, 2.24) is 10.2 Å². The molecule has 31 heavy (non-hydrogen) atoms. The number of hydrogen-bond acceptors (Lipinski definition) is 3. The summed E-state index contributed by atoms with van der Waals surface area (Å²) < 4.78 is 5.13. The molecule has 5 heteroatoms. The fourth-order valence-electron chi connectivity index (χ4n) is 3.86. The number of carbonyl (C=O) groups excluding carboxylic acids is 1. The molecule has 0 saturated carbocycles. The largest absolute Gasteiger partial charge is 0.466 e. The lowest BCUT2D eigenvalue weighted by Gasteiger charge is -2.37. The van der Waals surface area contributed by atoms with Crippen LogP contribution in [0.15, 0.2) is 96.2 Å². The van der Waals surface area contributed by atoms with Crippen molar-refractivity contribution in [2.75, 3.05) is 7.11 Å². The Morgan fingerprint density at radius 2 is 1.52 bits per heavy atom. The Labute approximate surface area is 188 Å². The van der Waals surface area contributed by atoms with Gasteiger partial charge < -0.3 is 15.0 Å². The maximum Gasteiger partial charge on any atom is 0.337 e. The Morgan fingerprint density at radius 1 is 0.935 bits per heavy atom. The van der Waals surface area contributed by atoms with Gasteiger partial charge in [-0.25, -0.2) is 4.79 Å². The van der Waals surface area contributed by atoms with Crippen molar-refractivity contribution in [3.63, 3.8) is 0 Å². The minimum absolute atomic E-state index is 0.359. The lowest BCUT2D eigenvalue weighted by Crippen LogP contribution is -2.47. The van der Waals surface area contributed by atoms with Crippen molar-refractivity contribution in [2.24, 2.45) is 0 Å². The van der Waals surface area contributed by atoms with E-state index in [2.05, 4.69) is 29.6 Å². The predicted octanol–water partition coefficient (Wildman–Crippen LogP) is 5.23. The van der Waals surface area contributed by atoms with Gasteiger partial charge in [-0.3, -0.25) is 0 Å². The van der Waals surface area contributed by atoms with Gasteiger partial charge in [-0.15, -0.1) is 0 Å². The quantitative estimate of drug-likeness (QED) is 0.445. The summed E-state index contributed by atoms with van der Waals surface area (Å²) in [7, 11) is 1.41. The standard InChI is InChI=1S/C26H24N2O2S/c1-18-23(25(29)30-2)24(27-26(31)28(18)17-19-9-5-3-6-10-19)22-15-13-21(14-16-22)20-11-7-4-8-12-20/h3-16,24H,17H2,1-2H3,(H,27,31). The number of thiocarbonyl (C=S) groups is 1. The van der Waals surface area contributed by atoms with Crippen LogP contribution in [0.4, 0.5) is 0 Å². The second-order valence-corrected chi connectivity index (χ2v) is 7.82. The van der Waals surface area contributed by atoms with Gasteiger partial charge in [0.2, 0.25) is 0 Å². The average Bonchev–Trinajstić information content (AvgIpc) is 2.82. The van der Waals surface area contributed by atoms with Crippen LogP contribution in [0.3, 0.4) is 0 Å². The first-order valence-corrected chi connectivity index (χ1v) is 10.6. The van der Waals surface area contributed by atoms with Gasteiger partial charge in [-0.05, 0) is 41.4 Å². The predicted molar refractivity (Wildman–Crippen MR) is 127 cm³/mol.